The Morgan fingerprint density at radius 3 is 2.21 bits per heavy atom. The Morgan fingerprint density at radius 1 is 1.21 bits per heavy atom. The number of hydrogen-bond acceptors (Lipinski definition) is 4. The van der Waals surface area contributed by atoms with Crippen molar-refractivity contribution < 1.29 is 14.3 Å². The van der Waals surface area contributed by atoms with Gasteiger partial charge in [-0.05, 0) is 44.0 Å². The molecule has 0 saturated heterocycles. The molecule has 0 aliphatic carbocycles. The third-order valence-corrected chi connectivity index (χ3v) is 3.01. The van der Waals surface area contributed by atoms with Crippen LogP contribution in [-0.4, -0.2) is 26.2 Å². The molecule has 1 amide bonds. The van der Waals surface area contributed by atoms with Gasteiger partial charge in [0.15, 0.2) is 11.5 Å². The summed E-state index contributed by atoms with van der Waals surface area (Å²) in [6, 6.07) is 3.10. The normalized spacial score (nSPS) is 13.6. The lowest BCUT2D eigenvalue weighted by atomic mass is 10.0. The minimum atomic E-state index is -0.525. The molecule has 2 unspecified atom stereocenters. The molecular formula is C14H22N2O3. The van der Waals surface area contributed by atoms with E-state index in [0.29, 0.717) is 11.5 Å². The van der Waals surface area contributed by atoms with E-state index in [9.17, 15) is 4.79 Å². The number of amides is 1. The maximum absolute atomic E-state index is 11.6. The predicted molar refractivity (Wildman–Crippen MR) is 74.5 cm³/mol. The molecule has 19 heavy (non-hydrogen) atoms. The van der Waals surface area contributed by atoms with Gasteiger partial charge in [0, 0.05) is 0 Å². The fraction of sp³-hybridized carbons (Fsp3) is 0.500. The smallest absolute Gasteiger partial charge is 0.237 e. The van der Waals surface area contributed by atoms with Crippen LogP contribution in [0.5, 0.6) is 11.5 Å². The number of benzene rings is 1. The number of methoxy groups -OCH3 is 2. The average molecular weight is 266 g/mol. The van der Waals surface area contributed by atoms with E-state index in [1.165, 1.54) is 0 Å². The Hall–Kier alpha value is -1.75. The molecule has 0 aliphatic rings. The molecule has 1 rings (SSSR count). The Labute approximate surface area is 114 Å². The van der Waals surface area contributed by atoms with Crippen molar-refractivity contribution in [2.24, 2.45) is 5.73 Å². The summed E-state index contributed by atoms with van der Waals surface area (Å²) in [5, 5.41) is 2.86. The topological polar surface area (TPSA) is 73.6 Å². The molecule has 0 radical (unpaired) electrons. The largest absolute Gasteiger partial charge is 0.493 e. The van der Waals surface area contributed by atoms with Crippen LogP contribution >= 0.6 is 0 Å². The number of rotatable bonds is 5. The first-order valence-corrected chi connectivity index (χ1v) is 6.19. The van der Waals surface area contributed by atoms with Gasteiger partial charge in [0.25, 0.3) is 0 Å². The zero-order valence-electron chi connectivity index (χ0n) is 12.1. The molecule has 0 saturated carbocycles. The minimum Gasteiger partial charge on any atom is -0.493 e. The van der Waals surface area contributed by atoms with E-state index in [1.807, 2.05) is 26.0 Å². The summed E-state index contributed by atoms with van der Waals surface area (Å²) < 4.78 is 10.5. The first-order valence-electron chi connectivity index (χ1n) is 6.19. The maximum Gasteiger partial charge on any atom is 0.237 e. The Bertz CT molecular complexity index is 458. The number of ether oxygens (including phenoxy) is 2. The van der Waals surface area contributed by atoms with Gasteiger partial charge >= 0.3 is 0 Å². The summed E-state index contributed by atoms with van der Waals surface area (Å²) in [6.07, 6.45) is 0. The summed E-state index contributed by atoms with van der Waals surface area (Å²) >= 11 is 0. The summed E-state index contributed by atoms with van der Waals surface area (Å²) in [5.41, 5.74) is 7.55. The van der Waals surface area contributed by atoms with Gasteiger partial charge in [-0.25, -0.2) is 0 Å². The predicted octanol–water partition coefficient (Wildman–Crippen LogP) is 1.54. The van der Waals surface area contributed by atoms with E-state index in [-0.39, 0.29) is 11.9 Å². The highest BCUT2D eigenvalue weighted by Crippen LogP contribution is 2.32. The van der Waals surface area contributed by atoms with Crippen LogP contribution in [0.2, 0.25) is 0 Å². The van der Waals surface area contributed by atoms with Crippen molar-refractivity contribution in [3.63, 3.8) is 0 Å². The van der Waals surface area contributed by atoms with Crippen LogP contribution in [0.4, 0.5) is 0 Å². The summed E-state index contributed by atoms with van der Waals surface area (Å²) in [7, 11) is 3.18. The van der Waals surface area contributed by atoms with Crippen molar-refractivity contribution in [1.29, 1.82) is 0 Å². The van der Waals surface area contributed by atoms with E-state index in [4.69, 9.17) is 15.2 Å². The fourth-order valence-corrected chi connectivity index (χ4v) is 1.89. The lowest BCUT2D eigenvalue weighted by molar-refractivity contribution is -0.122. The van der Waals surface area contributed by atoms with Gasteiger partial charge in [-0.3, -0.25) is 4.79 Å². The molecule has 106 valence electrons. The Balaban J connectivity index is 3.03. The molecule has 0 aromatic heterocycles. The van der Waals surface area contributed by atoms with Gasteiger partial charge in [-0.2, -0.15) is 0 Å². The number of aryl methyl sites for hydroxylation is 1. The molecule has 5 heteroatoms. The maximum atomic E-state index is 11.6. The molecule has 0 heterocycles. The molecule has 0 bridgehead atoms. The highest BCUT2D eigenvalue weighted by Gasteiger charge is 2.17. The molecule has 2 atom stereocenters. The lowest BCUT2D eigenvalue weighted by Crippen LogP contribution is -2.39. The number of nitrogens with two attached hydrogens (primary N) is 1. The second-order valence-electron chi connectivity index (χ2n) is 4.58. The van der Waals surface area contributed by atoms with Gasteiger partial charge in [-0.15, -0.1) is 0 Å². The summed E-state index contributed by atoms with van der Waals surface area (Å²) in [4.78, 5) is 11.6. The van der Waals surface area contributed by atoms with Crippen LogP contribution in [0, 0.1) is 6.92 Å². The van der Waals surface area contributed by atoms with Crippen LogP contribution in [0.3, 0.4) is 0 Å². The quantitative estimate of drug-likeness (QED) is 0.847. The van der Waals surface area contributed by atoms with Crippen molar-refractivity contribution in [1.82, 2.24) is 5.32 Å². The zero-order valence-corrected chi connectivity index (χ0v) is 12.1. The van der Waals surface area contributed by atoms with E-state index in [2.05, 4.69) is 5.32 Å². The van der Waals surface area contributed by atoms with Crippen molar-refractivity contribution in [3.8, 4) is 11.5 Å². The molecule has 5 nitrogen and oxygen atoms in total. The van der Waals surface area contributed by atoms with Crippen molar-refractivity contribution in [3.05, 3.63) is 23.3 Å². The van der Waals surface area contributed by atoms with Gasteiger partial charge in [0.2, 0.25) is 5.91 Å². The van der Waals surface area contributed by atoms with Crippen LogP contribution < -0.4 is 20.5 Å². The highest BCUT2D eigenvalue weighted by atomic mass is 16.5. The highest BCUT2D eigenvalue weighted by molar-refractivity contribution is 5.81. The average Bonchev–Trinajstić information content (AvgIpc) is 2.37. The van der Waals surface area contributed by atoms with Crippen molar-refractivity contribution in [2.75, 3.05) is 14.2 Å². The molecule has 0 aliphatic heterocycles. The summed E-state index contributed by atoms with van der Waals surface area (Å²) in [6.45, 7) is 5.53. The summed E-state index contributed by atoms with van der Waals surface area (Å²) in [5.74, 6) is 1.14. The SMILES string of the molecule is COc1cc(C)c(C(C)NC(=O)C(C)N)cc1OC. The number of hydrogen-bond donors (Lipinski definition) is 2. The third-order valence-electron chi connectivity index (χ3n) is 3.01. The minimum absolute atomic E-state index is 0.140. The molecule has 0 fully saturated rings. The number of carbonyl (C=O) groups is 1. The van der Waals surface area contributed by atoms with E-state index < -0.39 is 6.04 Å². The molecule has 1 aromatic rings. The van der Waals surface area contributed by atoms with Crippen LogP contribution in [0.15, 0.2) is 12.1 Å². The van der Waals surface area contributed by atoms with Crippen molar-refractivity contribution in [2.45, 2.75) is 32.9 Å². The third kappa shape index (κ3) is 3.61. The van der Waals surface area contributed by atoms with Crippen LogP contribution in [0.25, 0.3) is 0 Å². The molecule has 1 aromatic carbocycles. The van der Waals surface area contributed by atoms with E-state index in [1.54, 1.807) is 21.1 Å². The zero-order chi connectivity index (χ0) is 14.6. The first-order chi connectivity index (χ1) is 8.90. The second kappa shape index (κ2) is 6.43. The van der Waals surface area contributed by atoms with Gasteiger partial charge in [0.05, 0.1) is 26.3 Å². The van der Waals surface area contributed by atoms with Gasteiger partial charge in [-0.1, -0.05) is 0 Å². The molecule has 3 N–H and O–H groups in total. The van der Waals surface area contributed by atoms with Crippen molar-refractivity contribution >= 4 is 5.91 Å². The van der Waals surface area contributed by atoms with E-state index in [0.717, 1.165) is 11.1 Å². The first kappa shape index (κ1) is 15.3. The monoisotopic (exact) mass is 266 g/mol. The standard InChI is InChI=1S/C14H22N2O3/c1-8-6-12(18-4)13(19-5)7-11(8)10(3)16-14(17)9(2)15/h6-7,9-10H,15H2,1-5H3,(H,16,17). The van der Waals surface area contributed by atoms with Crippen LogP contribution in [0.1, 0.15) is 31.0 Å². The second-order valence-corrected chi connectivity index (χ2v) is 4.58. The fourth-order valence-electron chi connectivity index (χ4n) is 1.89. The molecular weight excluding hydrogens is 244 g/mol. The van der Waals surface area contributed by atoms with Gasteiger partial charge in [0.1, 0.15) is 0 Å². The number of carbonyl (C=O) groups excluding carboxylic acids is 1. The van der Waals surface area contributed by atoms with E-state index >= 15 is 0 Å². The Morgan fingerprint density at radius 2 is 1.74 bits per heavy atom. The lowest BCUT2D eigenvalue weighted by Gasteiger charge is -2.20. The number of nitrogens with one attached hydrogen (secondary N) is 1. The van der Waals surface area contributed by atoms with Crippen LogP contribution in [-0.2, 0) is 4.79 Å². The Kier molecular flexibility index (Phi) is 5.18. The van der Waals surface area contributed by atoms with Gasteiger partial charge < -0.3 is 20.5 Å². The molecule has 0 spiro atoms.